The molecule has 3 rings (SSSR count). The second kappa shape index (κ2) is 6.35. The summed E-state index contributed by atoms with van der Waals surface area (Å²) in [4.78, 5) is 0. The van der Waals surface area contributed by atoms with Crippen molar-refractivity contribution in [3.05, 3.63) is 69.8 Å². The molecule has 0 unspecified atom stereocenters. The molecule has 0 radical (unpaired) electrons. The van der Waals surface area contributed by atoms with Gasteiger partial charge in [-0.05, 0) is 75.3 Å². The Morgan fingerprint density at radius 3 is 2.57 bits per heavy atom. The maximum atomic E-state index is 5.26. The fraction of sp³-hybridized carbons (Fsp3) is 0.111. The highest BCUT2D eigenvalue weighted by atomic mass is 127. The molecule has 0 saturated carbocycles. The van der Waals surface area contributed by atoms with Crippen LogP contribution in [0.5, 0.6) is 5.75 Å². The molecule has 0 fully saturated rings. The molecule has 0 aliphatic rings. The van der Waals surface area contributed by atoms with Crippen molar-refractivity contribution in [1.82, 2.24) is 0 Å². The van der Waals surface area contributed by atoms with E-state index in [1.807, 2.05) is 6.07 Å². The molecule has 0 amide bonds. The van der Waals surface area contributed by atoms with Gasteiger partial charge in [0.15, 0.2) is 0 Å². The van der Waals surface area contributed by atoms with Crippen LogP contribution in [0.3, 0.4) is 0 Å². The highest BCUT2D eigenvalue weighted by Crippen LogP contribution is 2.22. The number of rotatable bonds is 4. The van der Waals surface area contributed by atoms with Gasteiger partial charge in [0.2, 0.25) is 0 Å². The van der Waals surface area contributed by atoms with E-state index in [1.165, 1.54) is 19.9 Å². The molecule has 3 heteroatoms. The van der Waals surface area contributed by atoms with E-state index in [9.17, 15) is 0 Å². The van der Waals surface area contributed by atoms with Crippen LogP contribution in [0.4, 0.5) is 5.69 Å². The zero-order valence-corrected chi connectivity index (χ0v) is 13.9. The number of ether oxygens (including phenoxy) is 1. The number of hydrogen-bond acceptors (Lipinski definition) is 2. The van der Waals surface area contributed by atoms with Crippen molar-refractivity contribution in [2.75, 3.05) is 12.4 Å². The molecule has 3 aromatic rings. The van der Waals surface area contributed by atoms with Crippen molar-refractivity contribution in [2.45, 2.75) is 6.54 Å². The van der Waals surface area contributed by atoms with Gasteiger partial charge < -0.3 is 10.1 Å². The Bertz CT molecular complexity index is 770. The van der Waals surface area contributed by atoms with Crippen LogP contribution in [0.2, 0.25) is 0 Å². The fourth-order valence-corrected chi connectivity index (χ4v) is 2.86. The fourth-order valence-electron chi connectivity index (χ4n) is 2.31. The molecule has 0 spiro atoms. The summed E-state index contributed by atoms with van der Waals surface area (Å²) in [7, 11) is 1.70. The number of halogens is 1. The molecule has 106 valence electrons. The van der Waals surface area contributed by atoms with Crippen LogP contribution >= 0.6 is 22.6 Å². The molecule has 1 N–H and O–H groups in total. The Hall–Kier alpha value is -1.75. The van der Waals surface area contributed by atoms with E-state index in [-0.39, 0.29) is 0 Å². The van der Waals surface area contributed by atoms with Gasteiger partial charge in [-0.1, -0.05) is 24.3 Å². The second-order valence-electron chi connectivity index (χ2n) is 4.91. The van der Waals surface area contributed by atoms with E-state index in [2.05, 4.69) is 82.5 Å². The summed E-state index contributed by atoms with van der Waals surface area (Å²) in [5, 5.41) is 5.89. The summed E-state index contributed by atoms with van der Waals surface area (Å²) in [5.74, 6) is 0.896. The van der Waals surface area contributed by atoms with Crippen LogP contribution < -0.4 is 10.1 Å². The van der Waals surface area contributed by atoms with E-state index in [0.717, 1.165) is 18.0 Å². The van der Waals surface area contributed by atoms with Gasteiger partial charge in [0.25, 0.3) is 0 Å². The van der Waals surface area contributed by atoms with Gasteiger partial charge in [-0.2, -0.15) is 0 Å². The molecule has 0 saturated heterocycles. The van der Waals surface area contributed by atoms with E-state index >= 15 is 0 Å². The van der Waals surface area contributed by atoms with E-state index in [0.29, 0.717) is 0 Å². The lowest BCUT2D eigenvalue weighted by molar-refractivity contribution is 0.415. The molecule has 3 aromatic carbocycles. The number of nitrogens with one attached hydrogen (secondary N) is 1. The zero-order valence-electron chi connectivity index (χ0n) is 11.8. The quantitative estimate of drug-likeness (QED) is 0.630. The van der Waals surface area contributed by atoms with Crippen LogP contribution in [-0.2, 0) is 6.54 Å². The summed E-state index contributed by atoms with van der Waals surface area (Å²) in [6.07, 6.45) is 0. The number of fused-ring (bicyclic) bond motifs is 1. The summed E-state index contributed by atoms with van der Waals surface area (Å²) in [6, 6.07) is 21.1. The minimum absolute atomic E-state index is 0.821. The smallest absolute Gasteiger partial charge is 0.119 e. The highest BCUT2D eigenvalue weighted by molar-refractivity contribution is 14.1. The molecule has 0 heterocycles. The van der Waals surface area contributed by atoms with E-state index in [1.54, 1.807) is 7.11 Å². The first-order valence-corrected chi connectivity index (χ1v) is 7.88. The van der Waals surface area contributed by atoms with Crippen molar-refractivity contribution in [3.63, 3.8) is 0 Å². The van der Waals surface area contributed by atoms with Gasteiger partial charge in [-0.25, -0.2) is 0 Å². The normalized spacial score (nSPS) is 10.6. The lowest BCUT2D eigenvalue weighted by Gasteiger charge is -2.09. The van der Waals surface area contributed by atoms with E-state index in [4.69, 9.17) is 4.74 Å². The second-order valence-corrected chi connectivity index (χ2v) is 6.16. The molecule has 2 nitrogen and oxygen atoms in total. The average molecular weight is 389 g/mol. The Morgan fingerprint density at radius 1 is 0.952 bits per heavy atom. The maximum absolute atomic E-state index is 5.26. The third-order valence-corrected chi connectivity index (χ3v) is 4.10. The Balaban J connectivity index is 1.78. The summed E-state index contributed by atoms with van der Waals surface area (Å²) in [5.41, 5.74) is 2.42. The molecule has 0 aromatic heterocycles. The van der Waals surface area contributed by atoms with Crippen molar-refractivity contribution in [1.29, 1.82) is 0 Å². The van der Waals surface area contributed by atoms with Gasteiger partial charge in [0.05, 0.1) is 7.11 Å². The summed E-state index contributed by atoms with van der Waals surface area (Å²) in [6.45, 7) is 0.821. The average Bonchev–Trinajstić information content (AvgIpc) is 2.52. The van der Waals surface area contributed by atoms with Gasteiger partial charge in [-0.15, -0.1) is 0 Å². The lowest BCUT2D eigenvalue weighted by Crippen LogP contribution is -1.99. The highest BCUT2D eigenvalue weighted by Gasteiger charge is 2.00. The van der Waals surface area contributed by atoms with Gasteiger partial charge in [0.1, 0.15) is 5.75 Å². The number of hydrogen-bond donors (Lipinski definition) is 1. The topological polar surface area (TPSA) is 21.3 Å². The van der Waals surface area contributed by atoms with Crippen LogP contribution in [0.25, 0.3) is 10.8 Å². The summed E-state index contributed by atoms with van der Waals surface area (Å²) < 4.78 is 6.50. The molecule has 21 heavy (non-hydrogen) atoms. The van der Waals surface area contributed by atoms with Crippen molar-refractivity contribution in [2.24, 2.45) is 0 Å². The van der Waals surface area contributed by atoms with Crippen molar-refractivity contribution >= 4 is 39.1 Å². The first kappa shape index (κ1) is 14.2. The molecule has 0 atom stereocenters. The minimum atomic E-state index is 0.821. The molecular weight excluding hydrogens is 373 g/mol. The largest absolute Gasteiger partial charge is 0.497 e. The van der Waals surface area contributed by atoms with Crippen LogP contribution in [0.15, 0.2) is 60.7 Å². The van der Waals surface area contributed by atoms with E-state index < -0.39 is 0 Å². The van der Waals surface area contributed by atoms with Crippen molar-refractivity contribution < 1.29 is 4.74 Å². The third-order valence-electron chi connectivity index (χ3n) is 3.43. The monoisotopic (exact) mass is 389 g/mol. The zero-order chi connectivity index (χ0) is 14.7. The minimum Gasteiger partial charge on any atom is -0.497 e. The van der Waals surface area contributed by atoms with Crippen LogP contribution in [-0.4, -0.2) is 7.11 Å². The molecule has 0 aliphatic heterocycles. The molecule has 0 aliphatic carbocycles. The van der Waals surface area contributed by atoms with Crippen LogP contribution in [0.1, 0.15) is 5.56 Å². The lowest BCUT2D eigenvalue weighted by atomic mass is 10.1. The number of anilines is 1. The predicted octanol–water partition coefficient (Wildman–Crippen LogP) is 5.07. The van der Waals surface area contributed by atoms with Gasteiger partial charge in [0, 0.05) is 15.8 Å². The van der Waals surface area contributed by atoms with Gasteiger partial charge in [-0.3, -0.25) is 0 Å². The first-order valence-electron chi connectivity index (χ1n) is 6.81. The Morgan fingerprint density at radius 2 is 1.76 bits per heavy atom. The maximum Gasteiger partial charge on any atom is 0.119 e. The number of benzene rings is 3. The predicted molar refractivity (Wildman–Crippen MR) is 97.0 cm³/mol. The third kappa shape index (κ3) is 3.47. The first-order chi connectivity index (χ1) is 10.2. The summed E-state index contributed by atoms with van der Waals surface area (Å²) >= 11 is 2.33. The van der Waals surface area contributed by atoms with Gasteiger partial charge >= 0.3 is 0 Å². The Labute approximate surface area is 138 Å². The standard InChI is InChI=1S/C18H16INO/c1-21-18-8-7-14-9-13(5-6-15(14)10-18)12-20-17-4-2-3-16(19)11-17/h2-11,20H,12H2,1H3. The Kier molecular flexibility index (Phi) is 4.29. The molecule has 0 bridgehead atoms. The molecular formula is C18H16INO. The van der Waals surface area contributed by atoms with Crippen molar-refractivity contribution in [3.8, 4) is 5.75 Å². The number of methoxy groups -OCH3 is 1. The van der Waals surface area contributed by atoms with Crippen LogP contribution in [0, 0.1) is 3.57 Å². The SMILES string of the molecule is COc1ccc2cc(CNc3cccc(I)c3)ccc2c1.